The summed E-state index contributed by atoms with van der Waals surface area (Å²) < 4.78 is 14.5. The predicted octanol–water partition coefficient (Wildman–Crippen LogP) is 12.2. The number of carbonyl (C=O) groups is 2. The van der Waals surface area contributed by atoms with E-state index in [1.807, 2.05) is 0 Å². The van der Waals surface area contributed by atoms with Crippen molar-refractivity contribution in [3.05, 3.63) is 69.6 Å². The van der Waals surface area contributed by atoms with Crippen LogP contribution in [0.2, 0.25) is 0 Å². The number of carbonyl (C=O) groups excluding carboxylic acids is 2. The van der Waals surface area contributed by atoms with E-state index in [1.165, 1.54) is 89.4 Å². The van der Waals surface area contributed by atoms with Crippen LogP contribution >= 0.6 is 0 Å². The number of aliphatic hydroxyl groups excluding tert-OH is 2. The van der Waals surface area contributed by atoms with Gasteiger partial charge in [0, 0.05) is 73.7 Å². The summed E-state index contributed by atoms with van der Waals surface area (Å²) in [6.45, 7) is 18.3. The van der Waals surface area contributed by atoms with Gasteiger partial charge in [-0.3, -0.25) is 9.59 Å². The van der Waals surface area contributed by atoms with Gasteiger partial charge in [-0.05, 0) is 170 Å². The molecule has 6 aliphatic carbocycles. The normalized spacial score (nSPS) is 39.9. The highest BCUT2D eigenvalue weighted by Gasteiger charge is 2.73. The van der Waals surface area contributed by atoms with Crippen LogP contribution in [-0.2, 0) is 38.4 Å². The number of aromatic nitrogens is 2. The van der Waals surface area contributed by atoms with Gasteiger partial charge in [0.2, 0.25) is 0 Å². The van der Waals surface area contributed by atoms with Gasteiger partial charge in [-0.25, -0.2) is 0 Å². The molecule has 12 rings (SSSR count). The van der Waals surface area contributed by atoms with Crippen molar-refractivity contribution in [2.75, 3.05) is 13.2 Å². The number of rotatable bonds is 8. The Labute approximate surface area is 412 Å². The molecule has 5 heterocycles. The molecule has 9 aliphatic rings. The van der Waals surface area contributed by atoms with Crippen LogP contribution in [0.5, 0.6) is 0 Å². The minimum atomic E-state index is -0.713. The number of benzene rings is 1. The van der Waals surface area contributed by atoms with E-state index in [1.54, 1.807) is 0 Å². The molecule has 3 N–H and O–H groups in total. The molecule has 0 spiro atoms. The van der Waals surface area contributed by atoms with Gasteiger partial charge >= 0.3 is 0 Å². The average Bonchev–Trinajstić information content (AvgIpc) is 3.88. The third kappa shape index (κ3) is 7.06. The Hall–Kier alpha value is -3.04. The van der Waals surface area contributed by atoms with E-state index in [0.717, 1.165) is 76.6 Å². The minimum Gasteiger partial charge on any atom is -0.392 e. The van der Waals surface area contributed by atoms with Crippen LogP contribution in [-0.4, -0.2) is 68.5 Å². The van der Waals surface area contributed by atoms with Crippen LogP contribution in [0.3, 0.4) is 0 Å². The molecular weight excluding hydrogens is 857 g/mol. The molecule has 3 aromatic rings. The van der Waals surface area contributed by atoms with E-state index in [2.05, 4.69) is 88.6 Å². The van der Waals surface area contributed by atoms with Crippen molar-refractivity contribution in [1.29, 1.82) is 0 Å². The Morgan fingerprint density at radius 1 is 0.826 bits per heavy atom. The third-order valence-electron chi connectivity index (χ3n) is 22.7. The minimum absolute atomic E-state index is 0.0775. The largest absolute Gasteiger partial charge is 0.392 e. The van der Waals surface area contributed by atoms with Crippen LogP contribution in [0.4, 0.5) is 0 Å². The first-order valence-corrected chi connectivity index (χ1v) is 28.1. The fourth-order valence-corrected chi connectivity index (χ4v) is 18.9. The van der Waals surface area contributed by atoms with Crippen molar-refractivity contribution in [1.82, 2.24) is 9.55 Å². The summed E-state index contributed by atoms with van der Waals surface area (Å²) in [5, 5.41) is 26.0. The van der Waals surface area contributed by atoms with E-state index in [4.69, 9.17) is 9.47 Å². The summed E-state index contributed by atoms with van der Waals surface area (Å²) in [5.74, 6) is 2.04. The average molecular weight is 941 g/mol. The van der Waals surface area contributed by atoms with E-state index >= 15 is 4.79 Å². The number of nitrogens with one attached hydrogen (secondary N) is 1. The number of aryl methyl sites for hydroxylation is 1. The molecular formula is C61H84N2O6. The Balaban J connectivity index is 0.996. The zero-order valence-electron chi connectivity index (χ0n) is 43.3. The SMILES string of the molecule is CC1(CC(O)C2OC2(C)C)CCc2c[nH]c3c(Cc4cc(C5CCCCC5)cc(C5CCOCC5)c4)cn(c23)CC2C3=C1C(=O)CC3(C)C1(C)CCC3C(C)(CCC(=O)C3(C)C3CCCC3)C1C2O. The van der Waals surface area contributed by atoms with Gasteiger partial charge in [0.1, 0.15) is 11.9 Å². The number of epoxide rings is 1. The molecule has 374 valence electrons. The summed E-state index contributed by atoms with van der Waals surface area (Å²) >= 11 is 0. The molecule has 8 heteroatoms. The van der Waals surface area contributed by atoms with Gasteiger partial charge in [0.25, 0.3) is 0 Å². The van der Waals surface area contributed by atoms with E-state index in [0.29, 0.717) is 55.8 Å². The molecule has 3 aliphatic heterocycles. The first kappa shape index (κ1) is 47.0. The zero-order valence-corrected chi connectivity index (χ0v) is 43.3. The molecule has 8 nitrogen and oxygen atoms in total. The monoisotopic (exact) mass is 941 g/mol. The van der Waals surface area contributed by atoms with Crippen molar-refractivity contribution < 1.29 is 29.3 Å². The highest BCUT2D eigenvalue weighted by Crippen LogP contribution is 2.76. The van der Waals surface area contributed by atoms with Crippen LogP contribution in [0.15, 0.2) is 41.7 Å². The van der Waals surface area contributed by atoms with Gasteiger partial charge in [-0.1, -0.05) is 84.9 Å². The Kier molecular flexibility index (Phi) is 11.2. The van der Waals surface area contributed by atoms with Crippen molar-refractivity contribution in [2.45, 2.75) is 219 Å². The molecule has 5 saturated carbocycles. The quantitative estimate of drug-likeness (QED) is 0.194. The molecule has 2 aromatic heterocycles. The number of hydrogen-bond donors (Lipinski definition) is 3. The number of nitrogens with zero attached hydrogens (tertiary/aromatic N) is 1. The molecule has 0 amide bonds. The second kappa shape index (κ2) is 16.5. The zero-order chi connectivity index (χ0) is 48.0. The highest BCUT2D eigenvalue weighted by molar-refractivity contribution is 6.02. The molecule has 2 saturated heterocycles. The van der Waals surface area contributed by atoms with E-state index in [9.17, 15) is 15.0 Å². The number of ketones is 2. The maximum Gasteiger partial charge on any atom is 0.160 e. The smallest absolute Gasteiger partial charge is 0.160 e. The molecule has 69 heavy (non-hydrogen) atoms. The lowest BCUT2D eigenvalue weighted by Gasteiger charge is -2.70. The molecule has 0 bridgehead atoms. The molecule has 11 atom stereocenters. The number of aromatic amines is 1. The number of H-pyrrole nitrogens is 1. The summed E-state index contributed by atoms with van der Waals surface area (Å²) in [6.07, 6.45) is 22.7. The first-order valence-electron chi connectivity index (χ1n) is 28.1. The maximum atomic E-state index is 15.5. The lowest BCUT2D eigenvalue weighted by molar-refractivity contribution is -0.227. The highest BCUT2D eigenvalue weighted by atomic mass is 16.6. The van der Waals surface area contributed by atoms with E-state index in [-0.39, 0.29) is 45.9 Å². The lowest BCUT2D eigenvalue weighted by Crippen LogP contribution is -2.68. The maximum absolute atomic E-state index is 15.5. The Morgan fingerprint density at radius 3 is 2.20 bits per heavy atom. The van der Waals surface area contributed by atoms with Gasteiger partial charge < -0.3 is 29.2 Å². The van der Waals surface area contributed by atoms with Crippen LogP contribution in [0, 0.1) is 50.7 Å². The summed E-state index contributed by atoms with van der Waals surface area (Å²) in [6, 6.07) is 7.60. The third-order valence-corrected chi connectivity index (χ3v) is 22.7. The number of hydrogen-bond acceptors (Lipinski definition) is 6. The van der Waals surface area contributed by atoms with Gasteiger partial charge in [0.05, 0.1) is 28.8 Å². The van der Waals surface area contributed by atoms with Crippen molar-refractivity contribution in [3.8, 4) is 0 Å². The van der Waals surface area contributed by atoms with Crippen molar-refractivity contribution in [2.24, 2.45) is 50.7 Å². The molecule has 11 unspecified atom stereocenters. The summed E-state index contributed by atoms with van der Waals surface area (Å²) in [5.41, 5.74) is 8.92. The number of ether oxygens (including phenoxy) is 2. The fraction of sp³-hybridized carbons (Fsp3) is 0.738. The summed E-state index contributed by atoms with van der Waals surface area (Å²) in [4.78, 5) is 33.8. The number of Topliss-reactive ketones (excluding diaryl/α,β-unsaturated/α-hetero) is 2. The van der Waals surface area contributed by atoms with Crippen LogP contribution in [0.1, 0.15) is 204 Å². The number of fused-ring (bicyclic) bond motifs is 4. The van der Waals surface area contributed by atoms with Gasteiger partial charge in [0.15, 0.2) is 5.78 Å². The summed E-state index contributed by atoms with van der Waals surface area (Å²) in [7, 11) is 0. The number of allylic oxidation sites excluding steroid dienone is 1. The van der Waals surface area contributed by atoms with Crippen LogP contribution in [0.25, 0.3) is 11.0 Å². The second-order valence-electron chi connectivity index (χ2n) is 26.7. The lowest BCUT2D eigenvalue weighted by atomic mass is 9.33. The standard InChI is InChI=1S/C61H84N2O6/c1-56(2)55(69-56)46(65)31-57(3)22-17-39-33-62-51-42(29-36-27-40(37-13-9-8-10-14-37)30-41(28-36)38-20-25-68-26-21-38)34-63(52(39)51)35-44-49-50(57)45(64)32-60(49,6)59(5)24-18-47-58(4,54(59)53(44)67)23-19-48(66)61(47,7)43-15-11-12-16-43/h27-28,30,33-34,37-38,43-44,46-47,53-55,62,65,67H,8-26,29,31-32,35H2,1-7H3. The number of aliphatic hydroxyl groups is 2. The van der Waals surface area contributed by atoms with Crippen LogP contribution < -0.4 is 0 Å². The first-order chi connectivity index (χ1) is 32.9. The van der Waals surface area contributed by atoms with E-state index < -0.39 is 28.6 Å². The predicted molar refractivity (Wildman–Crippen MR) is 271 cm³/mol. The van der Waals surface area contributed by atoms with Gasteiger partial charge in [-0.2, -0.15) is 0 Å². The van der Waals surface area contributed by atoms with Crippen molar-refractivity contribution in [3.63, 3.8) is 0 Å². The fourth-order valence-electron chi connectivity index (χ4n) is 18.9. The molecule has 0 radical (unpaired) electrons. The Bertz CT molecular complexity index is 2530. The van der Waals surface area contributed by atoms with Crippen molar-refractivity contribution >= 4 is 22.6 Å². The molecule has 7 fully saturated rings. The second-order valence-corrected chi connectivity index (χ2v) is 26.7. The van der Waals surface area contributed by atoms with Gasteiger partial charge in [-0.15, -0.1) is 0 Å². The topological polar surface area (TPSA) is 117 Å². The Morgan fingerprint density at radius 2 is 1.51 bits per heavy atom. The molecule has 1 aromatic carbocycles.